The lowest BCUT2D eigenvalue weighted by atomic mass is 9.75. The number of anilines is 1. The zero-order valence-electron chi connectivity index (χ0n) is 16.3. The maximum absolute atomic E-state index is 13.5. The van der Waals surface area contributed by atoms with Crippen molar-refractivity contribution in [3.05, 3.63) is 16.0 Å². The topological polar surface area (TPSA) is 64.6 Å². The van der Waals surface area contributed by atoms with Crippen LogP contribution in [-0.2, 0) is 20.7 Å². The molecule has 1 amide bonds. The van der Waals surface area contributed by atoms with Gasteiger partial charge in [0.25, 0.3) is 0 Å². The number of amides is 1. The summed E-state index contributed by atoms with van der Waals surface area (Å²) in [5, 5.41) is 3.93. The van der Waals surface area contributed by atoms with E-state index in [1.807, 2.05) is 6.92 Å². The van der Waals surface area contributed by atoms with Crippen LogP contribution in [0.4, 0.5) is 5.00 Å². The number of thiophene rings is 1. The van der Waals surface area contributed by atoms with Gasteiger partial charge in [-0.1, -0.05) is 0 Å². The van der Waals surface area contributed by atoms with E-state index in [0.717, 1.165) is 49.5 Å². The summed E-state index contributed by atoms with van der Waals surface area (Å²) < 4.78 is 11.5. The highest BCUT2D eigenvalue weighted by Gasteiger charge is 2.61. The third-order valence-electron chi connectivity index (χ3n) is 8.01. The van der Waals surface area contributed by atoms with E-state index in [2.05, 4.69) is 5.32 Å². The minimum atomic E-state index is -0.320. The fraction of sp³-hybridized carbons (Fsp3) is 0.727. The molecule has 0 radical (unpaired) electrons. The zero-order chi connectivity index (χ0) is 19.0. The SMILES string of the molecule is CCOC(=O)c1c(NC(=O)C23CC4CC(CC2C4)C3)sc2c1C1CCC(C2)O1. The van der Waals surface area contributed by atoms with E-state index in [1.54, 1.807) is 11.3 Å². The van der Waals surface area contributed by atoms with E-state index in [9.17, 15) is 9.59 Å². The van der Waals surface area contributed by atoms with Crippen LogP contribution < -0.4 is 5.32 Å². The van der Waals surface area contributed by atoms with Crippen molar-refractivity contribution in [1.82, 2.24) is 0 Å². The molecule has 1 aromatic heterocycles. The molecule has 2 aliphatic heterocycles. The summed E-state index contributed by atoms with van der Waals surface area (Å²) in [5.74, 6) is 1.83. The number of nitrogens with one attached hydrogen (secondary N) is 1. The Hall–Kier alpha value is -1.40. The molecule has 6 bridgehead atoms. The Labute approximate surface area is 169 Å². The molecule has 5 fully saturated rings. The highest BCUT2D eigenvalue weighted by atomic mass is 32.1. The predicted molar refractivity (Wildman–Crippen MR) is 105 cm³/mol. The molecule has 4 saturated carbocycles. The number of carbonyl (C=O) groups is 2. The van der Waals surface area contributed by atoms with Gasteiger partial charge in [0, 0.05) is 16.9 Å². The minimum Gasteiger partial charge on any atom is -0.462 e. The summed E-state index contributed by atoms with van der Waals surface area (Å²) in [6.45, 7) is 2.16. The van der Waals surface area contributed by atoms with Gasteiger partial charge in [0.05, 0.1) is 24.2 Å². The van der Waals surface area contributed by atoms with Crippen LogP contribution in [0.3, 0.4) is 0 Å². The van der Waals surface area contributed by atoms with Gasteiger partial charge in [0.15, 0.2) is 0 Å². The quantitative estimate of drug-likeness (QED) is 0.756. The highest BCUT2D eigenvalue weighted by Crippen LogP contribution is 2.65. The van der Waals surface area contributed by atoms with Crippen molar-refractivity contribution >= 4 is 28.2 Å². The number of ether oxygens (including phenoxy) is 2. The zero-order valence-corrected chi connectivity index (χ0v) is 17.1. The van der Waals surface area contributed by atoms with Crippen LogP contribution in [0.2, 0.25) is 0 Å². The van der Waals surface area contributed by atoms with Gasteiger partial charge in [-0.05, 0) is 69.6 Å². The monoisotopic (exact) mass is 401 g/mol. The molecule has 5 nitrogen and oxygen atoms in total. The first-order valence-corrected chi connectivity index (χ1v) is 11.7. The van der Waals surface area contributed by atoms with E-state index < -0.39 is 0 Å². The summed E-state index contributed by atoms with van der Waals surface area (Å²) >= 11 is 1.58. The van der Waals surface area contributed by atoms with Gasteiger partial charge in [-0.25, -0.2) is 4.79 Å². The maximum atomic E-state index is 13.5. The molecule has 4 unspecified atom stereocenters. The first kappa shape index (κ1) is 17.5. The lowest BCUT2D eigenvalue weighted by Gasteiger charge is -2.31. The van der Waals surface area contributed by atoms with Gasteiger partial charge in [0.2, 0.25) is 5.91 Å². The smallest absolute Gasteiger partial charge is 0.341 e. The lowest BCUT2D eigenvalue weighted by molar-refractivity contribution is -0.127. The molecule has 6 aliphatic rings. The third kappa shape index (κ3) is 2.34. The number of esters is 1. The van der Waals surface area contributed by atoms with Crippen LogP contribution in [0.5, 0.6) is 0 Å². The molecule has 0 aromatic carbocycles. The normalized spacial score (nSPS) is 39.2. The summed E-state index contributed by atoms with van der Waals surface area (Å²) in [5.41, 5.74) is 1.36. The van der Waals surface area contributed by atoms with Crippen molar-refractivity contribution < 1.29 is 19.1 Å². The number of rotatable bonds is 4. The molecule has 3 heterocycles. The fourth-order valence-electron chi connectivity index (χ4n) is 7.15. The number of carbonyl (C=O) groups excluding carboxylic acids is 2. The Morgan fingerprint density at radius 1 is 1.21 bits per heavy atom. The van der Waals surface area contributed by atoms with E-state index in [-0.39, 0.29) is 29.5 Å². The first-order chi connectivity index (χ1) is 13.6. The molecule has 7 rings (SSSR count). The van der Waals surface area contributed by atoms with E-state index in [4.69, 9.17) is 9.47 Å². The van der Waals surface area contributed by atoms with Crippen LogP contribution in [-0.4, -0.2) is 24.6 Å². The van der Waals surface area contributed by atoms with Gasteiger partial charge in [-0.15, -0.1) is 11.3 Å². The summed E-state index contributed by atoms with van der Waals surface area (Å²) in [6, 6.07) is 0. The van der Waals surface area contributed by atoms with Gasteiger partial charge in [-0.3, -0.25) is 4.79 Å². The fourth-order valence-corrected chi connectivity index (χ4v) is 8.44. The molecular formula is C22H27NO4S. The van der Waals surface area contributed by atoms with E-state index in [0.29, 0.717) is 23.1 Å². The second kappa shape index (κ2) is 6.05. The Kier molecular flexibility index (Phi) is 3.77. The van der Waals surface area contributed by atoms with Crippen molar-refractivity contribution in [2.24, 2.45) is 23.2 Å². The summed E-state index contributed by atoms with van der Waals surface area (Å²) in [4.78, 5) is 27.5. The molecule has 4 atom stereocenters. The molecule has 1 saturated heterocycles. The van der Waals surface area contributed by atoms with Crippen molar-refractivity contribution in [3.63, 3.8) is 0 Å². The van der Waals surface area contributed by atoms with Crippen molar-refractivity contribution in [1.29, 1.82) is 0 Å². The molecule has 0 spiro atoms. The van der Waals surface area contributed by atoms with Crippen LogP contribution in [0.1, 0.15) is 78.8 Å². The minimum absolute atomic E-state index is 0.0217. The summed E-state index contributed by atoms with van der Waals surface area (Å²) in [6.07, 6.45) is 8.89. The Balaban J connectivity index is 1.35. The standard InChI is InChI=1S/C22H27NO4S/c1-2-26-20(24)18-17-15-4-3-14(27-15)8-16(17)28-19(18)23-21(25)22-9-11-5-12(10-22)7-13(22)6-11/h11-15H,2-10H2,1H3,(H,23,25). The summed E-state index contributed by atoms with van der Waals surface area (Å²) in [7, 11) is 0. The lowest BCUT2D eigenvalue weighted by Crippen LogP contribution is -2.37. The molecule has 28 heavy (non-hydrogen) atoms. The van der Waals surface area contributed by atoms with Crippen LogP contribution in [0.25, 0.3) is 0 Å². The van der Waals surface area contributed by atoms with Crippen molar-refractivity contribution in [2.45, 2.75) is 70.5 Å². The van der Waals surface area contributed by atoms with Crippen LogP contribution >= 0.6 is 11.3 Å². The Bertz CT molecular complexity index is 847. The first-order valence-electron chi connectivity index (χ1n) is 10.9. The van der Waals surface area contributed by atoms with Crippen molar-refractivity contribution in [3.8, 4) is 0 Å². The van der Waals surface area contributed by atoms with Gasteiger partial charge in [-0.2, -0.15) is 0 Å². The molecule has 1 aromatic rings. The van der Waals surface area contributed by atoms with Gasteiger partial charge in [0.1, 0.15) is 10.6 Å². The average Bonchev–Trinajstić information content (AvgIpc) is 3.35. The Morgan fingerprint density at radius 2 is 2.00 bits per heavy atom. The van der Waals surface area contributed by atoms with E-state index in [1.165, 1.54) is 24.1 Å². The molecule has 4 aliphatic carbocycles. The second-order valence-corrected chi connectivity index (χ2v) is 10.7. The molecule has 1 N–H and O–H groups in total. The maximum Gasteiger partial charge on any atom is 0.341 e. The average molecular weight is 402 g/mol. The van der Waals surface area contributed by atoms with Gasteiger partial charge < -0.3 is 14.8 Å². The second-order valence-electron chi connectivity index (χ2n) is 9.55. The van der Waals surface area contributed by atoms with Crippen molar-refractivity contribution in [2.75, 3.05) is 11.9 Å². The Morgan fingerprint density at radius 3 is 2.75 bits per heavy atom. The van der Waals surface area contributed by atoms with Crippen LogP contribution in [0.15, 0.2) is 0 Å². The predicted octanol–water partition coefficient (Wildman–Crippen LogP) is 4.47. The van der Waals surface area contributed by atoms with E-state index >= 15 is 0 Å². The number of hydrogen-bond acceptors (Lipinski definition) is 5. The molecular weight excluding hydrogens is 374 g/mol. The van der Waals surface area contributed by atoms with Crippen LogP contribution in [0, 0.1) is 23.2 Å². The number of hydrogen-bond donors (Lipinski definition) is 1. The highest BCUT2D eigenvalue weighted by molar-refractivity contribution is 7.17. The largest absolute Gasteiger partial charge is 0.462 e. The third-order valence-corrected chi connectivity index (χ3v) is 9.16. The molecule has 150 valence electrons. The number of fused-ring (bicyclic) bond motifs is 4. The van der Waals surface area contributed by atoms with Gasteiger partial charge >= 0.3 is 5.97 Å². The molecule has 6 heteroatoms.